The Morgan fingerprint density at radius 2 is 0.875 bits per heavy atom. The van der Waals surface area contributed by atoms with Gasteiger partial charge in [0.25, 0.3) is 0 Å². The zero-order chi connectivity index (χ0) is 12.2. The summed E-state index contributed by atoms with van der Waals surface area (Å²) in [6.07, 6.45) is 0. The Kier molecular flexibility index (Phi) is 2.37. The Morgan fingerprint density at radius 3 is 1.19 bits per heavy atom. The second-order valence-electron chi connectivity index (χ2n) is 4.98. The first-order valence-electron chi connectivity index (χ1n) is 5.89. The zero-order valence-corrected chi connectivity index (χ0v) is 11.4. The Hall–Kier alpha value is -1.24. The van der Waals surface area contributed by atoms with E-state index in [-0.39, 0.29) is 0 Å². The molecule has 1 nitrogen and oxygen atoms in total. The van der Waals surface area contributed by atoms with E-state index in [1.807, 2.05) is 0 Å². The largest absolute Gasteiger partial charge is 0.351 e. The molecule has 0 spiro atoms. The van der Waals surface area contributed by atoms with Gasteiger partial charge in [-0.2, -0.15) is 0 Å². The van der Waals surface area contributed by atoms with Gasteiger partial charge in [0.05, 0.1) is 0 Å². The maximum absolute atomic E-state index is 2.31. The number of hydrogen-bond donors (Lipinski definition) is 0. The minimum Gasteiger partial charge on any atom is -0.351 e. The molecule has 0 aliphatic rings. The van der Waals surface area contributed by atoms with Crippen molar-refractivity contribution in [2.75, 3.05) is 0 Å². The van der Waals surface area contributed by atoms with Gasteiger partial charge in [0.15, 0.2) is 0 Å². The predicted molar refractivity (Wildman–Crippen MR) is 71.3 cm³/mol. The van der Waals surface area contributed by atoms with Crippen LogP contribution in [0.2, 0.25) is 0 Å². The van der Waals surface area contributed by atoms with Crippen LogP contribution < -0.4 is 0 Å². The van der Waals surface area contributed by atoms with E-state index in [1.165, 1.54) is 44.4 Å². The van der Waals surface area contributed by atoms with Crippen molar-refractivity contribution in [3.05, 3.63) is 33.6 Å². The number of fused-ring (bicyclic) bond motifs is 1. The van der Waals surface area contributed by atoms with Gasteiger partial charge >= 0.3 is 0 Å². The Morgan fingerprint density at radius 1 is 0.562 bits per heavy atom. The lowest BCUT2D eigenvalue weighted by atomic mass is 9.92. The van der Waals surface area contributed by atoms with Crippen LogP contribution in [0, 0.1) is 41.5 Å². The summed E-state index contributed by atoms with van der Waals surface area (Å²) in [5.74, 6) is 0. The molecule has 0 saturated carbocycles. The number of nitrogens with zero attached hydrogens (tertiary/aromatic N) is 1. The molecule has 16 heavy (non-hydrogen) atoms. The molecular formula is C15H21N. The molecular weight excluding hydrogens is 194 g/mol. The van der Waals surface area contributed by atoms with Crippen LogP contribution in [-0.2, 0) is 7.05 Å². The minimum atomic E-state index is 1.39. The van der Waals surface area contributed by atoms with E-state index in [0.29, 0.717) is 0 Å². The summed E-state index contributed by atoms with van der Waals surface area (Å²) in [4.78, 5) is 0. The highest BCUT2D eigenvalue weighted by molar-refractivity contribution is 5.95. The molecule has 0 amide bonds. The van der Waals surface area contributed by atoms with Crippen LogP contribution in [0.15, 0.2) is 0 Å². The molecule has 0 aliphatic heterocycles. The van der Waals surface area contributed by atoms with Crippen molar-refractivity contribution in [3.63, 3.8) is 0 Å². The highest BCUT2D eigenvalue weighted by Gasteiger charge is 2.16. The summed E-state index contributed by atoms with van der Waals surface area (Å²) in [5.41, 5.74) is 8.54. The number of hydrogen-bond acceptors (Lipinski definition) is 0. The van der Waals surface area contributed by atoms with Gasteiger partial charge in [0.1, 0.15) is 0 Å². The molecule has 0 N–H and O–H groups in total. The SMILES string of the molecule is Cc1c(C)c(C)c2c(C)n(C)c(C)c2c1C. The summed E-state index contributed by atoms with van der Waals surface area (Å²) in [5, 5.41) is 2.92. The third-order valence-electron chi connectivity index (χ3n) is 4.42. The minimum absolute atomic E-state index is 1.39. The van der Waals surface area contributed by atoms with E-state index in [2.05, 4.69) is 53.2 Å². The van der Waals surface area contributed by atoms with Crippen molar-refractivity contribution < 1.29 is 0 Å². The molecule has 1 heteroatoms. The van der Waals surface area contributed by atoms with Crippen molar-refractivity contribution in [1.82, 2.24) is 4.57 Å². The fourth-order valence-corrected chi connectivity index (χ4v) is 2.80. The quantitative estimate of drug-likeness (QED) is 0.625. The second kappa shape index (κ2) is 3.38. The molecule has 0 unspecified atom stereocenters. The van der Waals surface area contributed by atoms with Gasteiger partial charge in [-0.3, -0.25) is 0 Å². The van der Waals surface area contributed by atoms with Gasteiger partial charge in [-0.1, -0.05) is 0 Å². The standard InChI is InChI=1S/C15H21N/c1-8-9(2)11(4)15-13(6)16(7)12(5)14(15)10(8)3/h1-7H3. The third-order valence-corrected chi connectivity index (χ3v) is 4.42. The fraction of sp³-hybridized carbons (Fsp3) is 0.467. The van der Waals surface area contributed by atoms with Crippen LogP contribution in [0.4, 0.5) is 0 Å². The molecule has 1 aromatic carbocycles. The molecule has 0 atom stereocenters. The summed E-state index contributed by atoms with van der Waals surface area (Å²) in [6.45, 7) is 13.4. The average molecular weight is 215 g/mol. The zero-order valence-electron chi connectivity index (χ0n) is 11.4. The van der Waals surface area contributed by atoms with Crippen LogP contribution in [-0.4, -0.2) is 4.57 Å². The highest BCUT2D eigenvalue weighted by atomic mass is 14.9. The van der Waals surface area contributed by atoms with Crippen LogP contribution >= 0.6 is 0 Å². The van der Waals surface area contributed by atoms with Gasteiger partial charge in [-0.25, -0.2) is 0 Å². The topological polar surface area (TPSA) is 4.93 Å². The number of benzene rings is 1. The predicted octanol–water partition coefficient (Wildman–Crippen LogP) is 4.03. The highest BCUT2D eigenvalue weighted by Crippen LogP contribution is 2.34. The summed E-state index contributed by atoms with van der Waals surface area (Å²) < 4.78 is 2.31. The van der Waals surface area contributed by atoms with E-state index in [9.17, 15) is 0 Å². The number of aryl methyl sites for hydroxylation is 4. The summed E-state index contributed by atoms with van der Waals surface area (Å²) in [6, 6.07) is 0. The van der Waals surface area contributed by atoms with E-state index in [0.717, 1.165) is 0 Å². The lowest BCUT2D eigenvalue weighted by Gasteiger charge is -2.12. The van der Waals surface area contributed by atoms with Crippen LogP contribution in [0.1, 0.15) is 33.6 Å². The van der Waals surface area contributed by atoms with E-state index >= 15 is 0 Å². The van der Waals surface area contributed by atoms with E-state index in [1.54, 1.807) is 0 Å². The third kappa shape index (κ3) is 1.17. The molecule has 0 bridgehead atoms. The maximum Gasteiger partial charge on any atom is 0.0224 e. The first-order valence-corrected chi connectivity index (χ1v) is 5.89. The smallest absolute Gasteiger partial charge is 0.0224 e. The Labute approximate surface area is 98.1 Å². The molecule has 86 valence electrons. The molecule has 1 heterocycles. The molecule has 1 aromatic heterocycles. The van der Waals surface area contributed by atoms with Crippen molar-refractivity contribution >= 4 is 10.8 Å². The molecule has 2 aromatic rings. The Bertz CT molecular complexity index is 535. The van der Waals surface area contributed by atoms with Gasteiger partial charge < -0.3 is 4.57 Å². The van der Waals surface area contributed by atoms with Crippen molar-refractivity contribution in [1.29, 1.82) is 0 Å². The van der Waals surface area contributed by atoms with Gasteiger partial charge in [0.2, 0.25) is 0 Å². The lowest BCUT2D eigenvalue weighted by molar-refractivity contribution is 0.850. The fourth-order valence-electron chi connectivity index (χ4n) is 2.80. The monoisotopic (exact) mass is 215 g/mol. The number of aromatic nitrogens is 1. The van der Waals surface area contributed by atoms with Crippen LogP contribution in [0.3, 0.4) is 0 Å². The molecule has 0 saturated heterocycles. The van der Waals surface area contributed by atoms with Gasteiger partial charge in [0, 0.05) is 29.2 Å². The number of rotatable bonds is 0. The van der Waals surface area contributed by atoms with E-state index < -0.39 is 0 Å². The normalized spacial score (nSPS) is 11.4. The van der Waals surface area contributed by atoms with Crippen molar-refractivity contribution in [2.45, 2.75) is 41.5 Å². The first kappa shape index (κ1) is 11.3. The molecule has 2 rings (SSSR count). The summed E-state index contributed by atoms with van der Waals surface area (Å²) in [7, 11) is 2.16. The maximum atomic E-state index is 2.31. The molecule has 0 aliphatic carbocycles. The van der Waals surface area contributed by atoms with Gasteiger partial charge in [-0.05, 0) is 63.8 Å². The van der Waals surface area contributed by atoms with Crippen LogP contribution in [0.25, 0.3) is 10.8 Å². The first-order chi connectivity index (χ1) is 7.37. The lowest BCUT2D eigenvalue weighted by Crippen LogP contribution is -1.93. The Balaban J connectivity index is 3.15. The second-order valence-corrected chi connectivity index (χ2v) is 4.98. The molecule has 0 fully saturated rings. The van der Waals surface area contributed by atoms with Crippen molar-refractivity contribution in [2.24, 2.45) is 7.05 Å². The summed E-state index contributed by atoms with van der Waals surface area (Å²) >= 11 is 0. The van der Waals surface area contributed by atoms with Gasteiger partial charge in [-0.15, -0.1) is 0 Å². The van der Waals surface area contributed by atoms with E-state index in [4.69, 9.17) is 0 Å². The molecule has 0 radical (unpaired) electrons. The van der Waals surface area contributed by atoms with Crippen LogP contribution in [0.5, 0.6) is 0 Å². The average Bonchev–Trinajstić information content (AvgIpc) is 2.48. The van der Waals surface area contributed by atoms with Crippen molar-refractivity contribution in [3.8, 4) is 0 Å².